The Morgan fingerprint density at radius 1 is 0.833 bits per heavy atom. The van der Waals surface area contributed by atoms with Crippen molar-refractivity contribution < 1.29 is 9.59 Å². The Bertz CT molecular complexity index is 402. The highest BCUT2D eigenvalue weighted by Gasteiger charge is 2.10. The van der Waals surface area contributed by atoms with Crippen LogP contribution in [0.3, 0.4) is 0 Å². The molecule has 0 atom stereocenters. The van der Waals surface area contributed by atoms with Gasteiger partial charge in [-0.1, -0.05) is 12.1 Å². The summed E-state index contributed by atoms with van der Waals surface area (Å²) in [5, 5.41) is 5.42. The molecule has 0 saturated carbocycles. The first-order valence-electron chi connectivity index (χ1n) is 5.47. The quantitative estimate of drug-likeness (QED) is 0.841. The van der Waals surface area contributed by atoms with Crippen LogP contribution in [0.25, 0.3) is 0 Å². The minimum atomic E-state index is -0.249. The number of rotatable bonds is 2. The first kappa shape index (κ1) is 13.8. The maximum absolute atomic E-state index is 11.6. The standard InChI is InChI=1S/C12H18N4O2/c1-15(2)11(17)13-9-7-5-6-8-10(9)14-12(18)16(3)4/h5-8H,1-4H3,(H,13,17)(H,14,18). The van der Waals surface area contributed by atoms with Crippen LogP contribution >= 0.6 is 0 Å². The molecule has 0 bridgehead atoms. The molecular weight excluding hydrogens is 232 g/mol. The van der Waals surface area contributed by atoms with Crippen molar-refractivity contribution in [2.45, 2.75) is 0 Å². The highest BCUT2D eigenvalue weighted by molar-refractivity contribution is 5.98. The second-order valence-corrected chi connectivity index (χ2v) is 4.19. The predicted octanol–water partition coefficient (Wildman–Crippen LogP) is 1.87. The highest BCUT2D eigenvalue weighted by atomic mass is 16.2. The molecule has 4 amide bonds. The average Bonchev–Trinajstić information content (AvgIpc) is 2.31. The summed E-state index contributed by atoms with van der Waals surface area (Å²) in [6.45, 7) is 0. The number of nitrogens with one attached hydrogen (secondary N) is 2. The van der Waals surface area contributed by atoms with Crippen molar-refractivity contribution in [2.24, 2.45) is 0 Å². The van der Waals surface area contributed by atoms with Gasteiger partial charge in [0.15, 0.2) is 0 Å². The Morgan fingerprint density at radius 2 is 1.17 bits per heavy atom. The molecule has 0 aliphatic carbocycles. The molecular formula is C12H18N4O2. The molecule has 0 heterocycles. The van der Waals surface area contributed by atoms with Gasteiger partial charge in [0, 0.05) is 28.2 Å². The lowest BCUT2D eigenvalue weighted by atomic mass is 10.2. The number of anilines is 2. The Labute approximate surface area is 107 Å². The lowest BCUT2D eigenvalue weighted by Crippen LogP contribution is -2.30. The molecule has 0 spiro atoms. The first-order valence-corrected chi connectivity index (χ1v) is 5.47. The third kappa shape index (κ3) is 3.65. The molecule has 98 valence electrons. The second-order valence-electron chi connectivity index (χ2n) is 4.19. The van der Waals surface area contributed by atoms with E-state index in [9.17, 15) is 9.59 Å². The van der Waals surface area contributed by atoms with Crippen LogP contribution in [0, 0.1) is 0 Å². The molecule has 1 rings (SSSR count). The zero-order valence-corrected chi connectivity index (χ0v) is 11.0. The summed E-state index contributed by atoms with van der Waals surface area (Å²) >= 11 is 0. The van der Waals surface area contributed by atoms with E-state index < -0.39 is 0 Å². The average molecular weight is 250 g/mol. The molecule has 0 fully saturated rings. The number of para-hydroxylation sites is 2. The van der Waals surface area contributed by atoms with E-state index in [1.54, 1.807) is 52.5 Å². The van der Waals surface area contributed by atoms with Crippen molar-refractivity contribution >= 4 is 23.4 Å². The van der Waals surface area contributed by atoms with Gasteiger partial charge in [0.05, 0.1) is 11.4 Å². The third-order valence-electron chi connectivity index (χ3n) is 2.22. The number of hydrogen-bond acceptors (Lipinski definition) is 2. The van der Waals surface area contributed by atoms with E-state index in [2.05, 4.69) is 10.6 Å². The van der Waals surface area contributed by atoms with Crippen LogP contribution in [0.15, 0.2) is 24.3 Å². The van der Waals surface area contributed by atoms with Crippen molar-refractivity contribution in [3.8, 4) is 0 Å². The monoisotopic (exact) mass is 250 g/mol. The molecule has 18 heavy (non-hydrogen) atoms. The first-order chi connectivity index (χ1) is 8.41. The molecule has 0 radical (unpaired) electrons. The van der Waals surface area contributed by atoms with Crippen molar-refractivity contribution in [2.75, 3.05) is 38.8 Å². The zero-order valence-electron chi connectivity index (χ0n) is 11.0. The number of carbonyl (C=O) groups is 2. The largest absolute Gasteiger partial charge is 0.331 e. The van der Waals surface area contributed by atoms with E-state index in [1.165, 1.54) is 9.80 Å². The fourth-order valence-electron chi connectivity index (χ4n) is 1.16. The van der Waals surface area contributed by atoms with E-state index in [0.29, 0.717) is 11.4 Å². The Hall–Kier alpha value is -2.24. The minimum Gasteiger partial charge on any atom is -0.331 e. The van der Waals surface area contributed by atoms with Crippen LogP contribution in [0.4, 0.5) is 21.0 Å². The van der Waals surface area contributed by atoms with Gasteiger partial charge in [-0.3, -0.25) is 0 Å². The topological polar surface area (TPSA) is 64.7 Å². The number of nitrogens with zero attached hydrogens (tertiary/aromatic N) is 2. The van der Waals surface area contributed by atoms with Crippen molar-refractivity contribution in [1.82, 2.24) is 9.80 Å². The molecule has 0 saturated heterocycles. The van der Waals surface area contributed by atoms with Gasteiger partial charge in [0.25, 0.3) is 0 Å². The molecule has 1 aromatic carbocycles. The normalized spacial score (nSPS) is 9.56. The maximum atomic E-state index is 11.6. The molecule has 0 aromatic heterocycles. The van der Waals surface area contributed by atoms with E-state index in [0.717, 1.165) is 0 Å². The third-order valence-corrected chi connectivity index (χ3v) is 2.22. The number of hydrogen-bond donors (Lipinski definition) is 2. The molecule has 2 N–H and O–H groups in total. The van der Waals surface area contributed by atoms with Gasteiger partial charge >= 0.3 is 12.1 Å². The number of urea groups is 2. The van der Waals surface area contributed by atoms with Crippen LogP contribution in [-0.2, 0) is 0 Å². The summed E-state index contributed by atoms with van der Waals surface area (Å²) in [4.78, 5) is 26.0. The Morgan fingerprint density at radius 3 is 1.44 bits per heavy atom. The van der Waals surface area contributed by atoms with E-state index in [-0.39, 0.29) is 12.1 Å². The number of carbonyl (C=O) groups excluding carboxylic acids is 2. The lowest BCUT2D eigenvalue weighted by Gasteiger charge is -2.17. The van der Waals surface area contributed by atoms with Gasteiger partial charge in [-0.15, -0.1) is 0 Å². The van der Waals surface area contributed by atoms with Gasteiger partial charge < -0.3 is 20.4 Å². The summed E-state index contributed by atoms with van der Waals surface area (Å²) < 4.78 is 0. The SMILES string of the molecule is CN(C)C(=O)Nc1ccccc1NC(=O)N(C)C. The molecule has 0 unspecified atom stereocenters. The molecule has 6 heteroatoms. The number of benzene rings is 1. The Kier molecular flexibility index (Phi) is 4.53. The number of amides is 4. The summed E-state index contributed by atoms with van der Waals surface area (Å²) in [6.07, 6.45) is 0. The fourth-order valence-corrected chi connectivity index (χ4v) is 1.16. The van der Waals surface area contributed by atoms with Crippen LogP contribution in [0.2, 0.25) is 0 Å². The maximum Gasteiger partial charge on any atom is 0.321 e. The van der Waals surface area contributed by atoms with Gasteiger partial charge in [0.2, 0.25) is 0 Å². The van der Waals surface area contributed by atoms with Crippen LogP contribution in [0.1, 0.15) is 0 Å². The smallest absolute Gasteiger partial charge is 0.321 e. The van der Waals surface area contributed by atoms with Crippen molar-refractivity contribution in [3.05, 3.63) is 24.3 Å². The zero-order chi connectivity index (χ0) is 13.7. The summed E-state index contributed by atoms with van der Waals surface area (Å²) in [7, 11) is 6.60. The van der Waals surface area contributed by atoms with Gasteiger partial charge in [0.1, 0.15) is 0 Å². The summed E-state index contributed by atoms with van der Waals surface area (Å²) in [6, 6.07) is 6.54. The molecule has 0 aliphatic rings. The van der Waals surface area contributed by atoms with E-state index >= 15 is 0 Å². The van der Waals surface area contributed by atoms with Crippen LogP contribution in [0.5, 0.6) is 0 Å². The van der Waals surface area contributed by atoms with Gasteiger partial charge in [-0.25, -0.2) is 9.59 Å². The fraction of sp³-hybridized carbons (Fsp3) is 0.333. The molecule has 1 aromatic rings. The molecule has 6 nitrogen and oxygen atoms in total. The van der Waals surface area contributed by atoms with E-state index in [1.807, 2.05) is 0 Å². The van der Waals surface area contributed by atoms with Crippen LogP contribution < -0.4 is 10.6 Å². The van der Waals surface area contributed by atoms with Crippen molar-refractivity contribution in [1.29, 1.82) is 0 Å². The highest BCUT2D eigenvalue weighted by Crippen LogP contribution is 2.21. The Balaban J connectivity index is 2.86. The van der Waals surface area contributed by atoms with E-state index in [4.69, 9.17) is 0 Å². The predicted molar refractivity (Wildman–Crippen MR) is 71.9 cm³/mol. The minimum absolute atomic E-state index is 0.249. The second kappa shape index (κ2) is 5.90. The lowest BCUT2D eigenvalue weighted by molar-refractivity contribution is 0.229. The summed E-state index contributed by atoms with van der Waals surface area (Å²) in [5.74, 6) is 0. The van der Waals surface area contributed by atoms with Crippen molar-refractivity contribution in [3.63, 3.8) is 0 Å². The molecule has 0 aliphatic heterocycles. The van der Waals surface area contributed by atoms with Gasteiger partial charge in [-0.2, -0.15) is 0 Å². The summed E-state index contributed by atoms with van der Waals surface area (Å²) in [5.41, 5.74) is 1.12. The van der Waals surface area contributed by atoms with Gasteiger partial charge in [-0.05, 0) is 12.1 Å². The van der Waals surface area contributed by atoms with Crippen LogP contribution in [-0.4, -0.2) is 50.1 Å².